The summed E-state index contributed by atoms with van der Waals surface area (Å²) in [5.74, 6) is -1.17. The summed E-state index contributed by atoms with van der Waals surface area (Å²) in [5.41, 5.74) is 0.0780. The fourth-order valence-corrected chi connectivity index (χ4v) is 3.24. The standard InChI is InChI=1S/C13H11ClFIN2O4/c14-8-3-7-11(9(15)10(8)16)22-5-6-4-17(13(20)21)1-2-18(6)12(7)19/h3,6H,1-2,4-5H2,(H,20,21)/t6-/m0/s1. The van der Waals surface area contributed by atoms with Crippen molar-refractivity contribution >= 4 is 46.2 Å². The molecule has 1 N–H and O–H groups in total. The van der Waals surface area contributed by atoms with E-state index in [1.54, 1.807) is 22.6 Å². The first-order valence-corrected chi connectivity index (χ1v) is 7.95. The first-order chi connectivity index (χ1) is 10.4. The summed E-state index contributed by atoms with van der Waals surface area (Å²) in [6.07, 6.45) is -1.04. The molecule has 1 aromatic rings. The number of halogens is 3. The SMILES string of the molecule is O=C(O)N1CCN2C(=O)c3cc(Cl)c(I)c(F)c3OC[C@@H]2C1. The molecule has 1 saturated heterocycles. The van der Waals surface area contributed by atoms with Crippen LogP contribution in [-0.4, -0.2) is 59.2 Å². The van der Waals surface area contributed by atoms with Gasteiger partial charge in [0.25, 0.3) is 5.91 Å². The summed E-state index contributed by atoms with van der Waals surface area (Å²) in [6.45, 7) is 0.635. The van der Waals surface area contributed by atoms with E-state index in [0.29, 0.717) is 0 Å². The third-order valence-electron chi connectivity index (χ3n) is 3.78. The highest BCUT2D eigenvalue weighted by Crippen LogP contribution is 2.35. The fraction of sp³-hybridized carbons (Fsp3) is 0.385. The lowest BCUT2D eigenvalue weighted by atomic mass is 10.1. The van der Waals surface area contributed by atoms with E-state index >= 15 is 0 Å². The quantitative estimate of drug-likeness (QED) is 0.496. The van der Waals surface area contributed by atoms with E-state index < -0.39 is 18.0 Å². The van der Waals surface area contributed by atoms with Crippen molar-refractivity contribution in [2.24, 2.45) is 0 Å². The molecule has 1 atom stereocenters. The van der Waals surface area contributed by atoms with Gasteiger partial charge >= 0.3 is 6.09 Å². The van der Waals surface area contributed by atoms with E-state index in [1.165, 1.54) is 15.9 Å². The number of nitrogens with zero attached hydrogens (tertiary/aromatic N) is 2. The van der Waals surface area contributed by atoms with Gasteiger partial charge in [0.05, 0.1) is 20.2 Å². The number of carboxylic acid groups (broad SMARTS) is 1. The minimum atomic E-state index is -1.04. The number of piperazine rings is 1. The van der Waals surface area contributed by atoms with Gasteiger partial charge in [-0.1, -0.05) is 11.6 Å². The number of ether oxygens (including phenoxy) is 1. The number of hydrogen-bond donors (Lipinski definition) is 1. The van der Waals surface area contributed by atoms with Crippen LogP contribution < -0.4 is 4.74 Å². The molecule has 2 amide bonds. The van der Waals surface area contributed by atoms with E-state index in [9.17, 15) is 14.0 Å². The molecule has 0 unspecified atom stereocenters. The van der Waals surface area contributed by atoms with Crippen molar-refractivity contribution in [2.45, 2.75) is 6.04 Å². The zero-order chi connectivity index (χ0) is 16.0. The van der Waals surface area contributed by atoms with Gasteiger partial charge in [-0.05, 0) is 28.7 Å². The molecule has 0 aliphatic carbocycles. The predicted octanol–water partition coefficient (Wildman–Crippen LogP) is 2.28. The van der Waals surface area contributed by atoms with Gasteiger partial charge in [0.15, 0.2) is 11.6 Å². The summed E-state index contributed by atoms with van der Waals surface area (Å²) < 4.78 is 19.9. The van der Waals surface area contributed by atoms with Crippen molar-refractivity contribution in [2.75, 3.05) is 26.2 Å². The van der Waals surface area contributed by atoms with Crippen molar-refractivity contribution in [3.05, 3.63) is 26.0 Å². The normalized spacial score (nSPS) is 20.9. The van der Waals surface area contributed by atoms with Crippen LogP contribution in [0.1, 0.15) is 10.4 Å². The van der Waals surface area contributed by atoms with Crippen LogP contribution in [0.25, 0.3) is 0 Å². The summed E-state index contributed by atoms with van der Waals surface area (Å²) in [6, 6.07) is 0.955. The molecule has 0 spiro atoms. The summed E-state index contributed by atoms with van der Waals surface area (Å²) in [7, 11) is 0. The Morgan fingerprint density at radius 1 is 1.50 bits per heavy atom. The van der Waals surface area contributed by atoms with Crippen LogP contribution >= 0.6 is 34.2 Å². The van der Waals surface area contributed by atoms with Gasteiger partial charge in [-0.25, -0.2) is 9.18 Å². The smallest absolute Gasteiger partial charge is 0.407 e. The van der Waals surface area contributed by atoms with Gasteiger partial charge in [0.2, 0.25) is 0 Å². The van der Waals surface area contributed by atoms with Crippen LogP contribution in [0, 0.1) is 9.39 Å². The van der Waals surface area contributed by atoms with E-state index in [4.69, 9.17) is 21.4 Å². The van der Waals surface area contributed by atoms with Crippen molar-refractivity contribution in [3.8, 4) is 5.75 Å². The van der Waals surface area contributed by atoms with E-state index in [0.717, 1.165) is 0 Å². The van der Waals surface area contributed by atoms with E-state index in [-0.39, 0.29) is 52.1 Å². The lowest BCUT2D eigenvalue weighted by Crippen LogP contribution is -2.57. The van der Waals surface area contributed by atoms with Crippen molar-refractivity contribution in [1.82, 2.24) is 9.80 Å². The van der Waals surface area contributed by atoms with Crippen LogP contribution in [0.2, 0.25) is 5.02 Å². The molecule has 1 aromatic carbocycles. The number of rotatable bonds is 0. The molecule has 6 nitrogen and oxygen atoms in total. The Morgan fingerprint density at radius 3 is 2.91 bits per heavy atom. The lowest BCUT2D eigenvalue weighted by molar-refractivity contribution is 0.0388. The highest BCUT2D eigenvalue weighted by Gasteiger charge is 2.38. The average molecular weight is 441 g/mol. The zero-order valence-electron chi connectivity index (χ0n) is 11.2. The Hall–Kier alpha value is -1.29. The van der Waals surface area contributed by atoms with Gasteiger partial charge in [-0.3, -0.25) is 4.79 Å². The minimum absolute atomic E-state index is 0.0388. The Labute approximate surface area is 143 Å². The maximum absolute atomic E-state index is 14.3. The number of amides is 2. The summed E-state index contributed by atoms with van der Waals surface area (Å²) in [5, 5.41) is 9.21. The third-order valence-corrected chi connectivity index (χ3v) is 5.45. The first-order valence-electron chi connectivity index (χ1n) is 6.49. The molecule has 1 fully saturated rings. The van der Waals surface area contributed by atoms with Crippen LogP contribution in [0.15, 0.2) is 6.07 Å². The molecule has 0 bridgehead atoms. The van der Waals surface area contributed by atoms with Crippen LogP contribution in [0.4, 0.5) is 9.18 Å². The third kappa shape index (κ3) is 2.47. The van der Waals surface area contributed by atoms with Crippen LogP contribution in [-0.2, 0) is 0 Å². The molecule has 3 rings (SSSR count). The molecule has 0 saturated carbocycles. The van der Waals surface area contributed by atoms with Gasteiger partial charge in [0, 0.05) is 19.6 Å². The molecule has 9 heteroatoms. The molecule has 2 aliphatic heterocycles. The van der Waals surface area contributed by atoms with Gasteiger partial charge in [-0.2, -0.15) is 0 Å². The van der Waals surface area contributed by atoms with Gasteiger partial charge in [0.1, 0.15) is 6.61 Å². The first kappa shape index (κ1) is 15.6. The highest BCUT2D eigenvalue weighted by molar-refractivity contribution is 14.1. The van der Waals surface area contributed by atoms with Gasteiger partial charge in [-0.15, -0.1) is 0 Å². The molecule has 118 valence electrons. The summed E-state index contributed by atoms with van der Waals surface area (Å²) in [4.78, 5) is 26.4. The Kier molecular flexibility index (Phi) is 4.06. The number of carbonyl (C=O) groups excluding carboxylic acids is 1. The van der Waals surface area contributed by atoms with Crippen molar-refractivity contribution in [1.29, 1.82) is 0 Å². The Balaban J connectivity index is 1.98. The number of benzene rings is 1. The second-order valence-electron chi connectivity index (χ2n) is 5.06. The molecule has 0 radical (unpaired) electrons. The largest absolute Gasteiger partial charge is 0.487 e. The molecule has 0 aromatic heterocycles. The molecule has 22 heavy (non-hydrogen) atoms. The van der Waals surface area contributed by atoms with Crippen molar-refractivity contribution in [3.63, 3.8) is 0 Å². The Morgan fingerprint density at radius 2 is 2.23 bits per heavy atom. The predicted molar refractivity (Wildman–Crippen MR) is 84.0 cm³/mol. The fourth-order valence-electron chi connectivity index (χ4n) is 2.65. The molecule has 2 heterocycles. The monoisotopic (exact) mass is 440 g/mol. The van der Waals surface area contributed by atoms with Crippen LogP contribution in [0.5, 0.6) is 5.75 Å². The molecule has 2 aliphatic rings. The Bertz CT molecular complexity index is 672. The van der Waals surface area contributed by atoms with Crippen LogP contribution in [0.3, 0.4) is 0 Å². The van der Waals surface area contributed by atoms with Gasteiger partial charge < -0.3 is 19.6 Å². The second kappa shape index (κ2) is 5.73. The number of hydrogen-bond acceptors (Lipinski definition) is 3. The average Bonchev–Trinajstić information content (AvgIpc) is 2.63. The molecular weight excluding hydrogens is 430 g/mol. The maximum atomic E-state index is 14.3. The number of fused-ring (bicyclic) bond motifs is 2. The molecular formula is C13H11ClFIN2O4. The van der Waals surface area contributed by atoms with E-state index in [2.05, 4.69) is 0 Å². The lowest BCUT2D eigenvalue weighted by Gasteiger charge is -2.38. The second-order valence-corrected chi connectivity index (χ2v) is 6.54. The van der Waals surface area contributed by atoms with Crippen molar-refractivity contribution < 1.29 is 23.8 Å². The number of carbonyl (C=O) groups is 2. The minimum Gasteiger partial charge on any atom is -0.487 e. The zero-order valence-corrected chi connectivity index (χ0v) is 14.1. The maximum Gasteiger partial charge on any atom is 0.407 e. The van der Waals surface area contributed by atoms with E-state index in [1.807, 2.05) is 0 Å². The summed E-state index contributed by atoms with van der Waals surface area (Å²) >= 11 is 7.70. The topological polar surface area (TPSA) is 70.1 Å². The highest BCUT2D eigenvalue weighted by atomic mass is 127.